The van der Waals surface area contributed by atoms with Gasteiger partial charge in [0.2, 0.25) is 0 Å². The van der Waals surface area contributed by atoms with E-state index in [0.29, 0.717) is 18.8 Å². The molecule has 1 aromatic carbocycles. The third-order valence-electron chi connectivity index (χ3n) is 6.59. The smallest absolute Gasteiger partial charge is 0.332 e. The van der Waals surface area contributed by atoms with Gasteiger partial charge in [-0.25, -0.2) is 4.79 Å². The number of rotatable bonds is 9. The number of aromatic nitrogens is 2. The fourth-order valence-corrected chi connectivity index (χ4v) is 4.64. The molecule has 1 aliphatic heterocycles. The molecule has 2 aliphatic rings. The average Bonchev–Trinajstić information content (AvgIpc) is 2.97. The predicted octanol–water partition coefficient (Wildman–Crippen LogP) is 2.69. The van der Waals surface area contributed by atoms with Gasteiger partial charge in [0.15, 0.2) is 0 Å². The zero-order valence-electron chi connectivity index (χ0n) is 18.8. The summed E-state index contributed by atoms with van der Waals surface area (Å²) >= 11 is 6.29. The summed E-state index contributed by atoms with van der Waals surface area (Å²) in [6.45, 7) is 2.94. The van der Waals surface area contributed by atoms with Crippen molar-refractivity contribution in [3.05, 3.63) is 51.7 Å². The van der Waals surface area contributed by atoms with Crippen molar-refractivity contribution in [3.63, 3.8) is 0 Å². The molecule has 1 aromatic heterocycles. The van der Waals surface area contributed by atoms with E-state index in [0.717, 1.165) is 45.2 Å². The first-order valence-electron chi connectivity index (χ1n) is 11.9. The molecule has 180 valence electrons. The van der Waals surface area contributed by atoms with Gasteiger partial charge in [-0.1, -0.05) is 37.3 Å². The maximum atomic E-state index is 12.9. The monoisotopic (exact) mass is 476 g/mol. The number of halogens is 1. The third kappa shape index (κ3) is 6.06. The Hall–Kier alpha value is -2.13. The number of ether oxygens (including phenoxy) is 1. The molecule has 2 heterocycles. The van der Waals surface area contributed by atoms with Gasteiger partial charge in [-0.15, -0.1) is 0 Å². The van der Waals surface area contributed by atoms with Crippen molar-refractivity contribution in [1.82, 2.24) is 19.8 Å². The molecule has 9 heteroatoms. The lowest BCUT2D eigenvalue weighted by molar-refractivity contribution is 0.0163. The zero-order valence-corrected chi connectivity index (χ0v) is 19.6. The standard InChI is InChI=1S/C24H33ClN4O4/c25-21-9-8-18(14-20(21)23(31)27-22(30)17-6-3-1-2-4-7-17)29-12-11-28(24(29)32)10-5-13-33-19-15-26-16-19/h8-9,11-12,14,17,19,22,26,30H,1-7,10,13,15-16H2,(H,27,31). The van der Waals surface area contributed by atoms with E-state index in [1.807, 2.05) is 0 Å². The van der Waals surface area contributed by atoms with Crippen LogP contribution in [-0.2, 0) is 11.3 Å². The Balaban J connectivity index is 1.40. The van der Waals surface area contributed by atoms with E-state index in [-0.39, 0.29) is 28.3 Å². The minimum Gasteiger partial charge on any atom is -0.376 e. The zero-order chi connectivity index (χ0) is 23.2. The number of nitrogens with zero attached hydrogens (tertiary/aromatic N) is 2. The highest BCUT2D eigenvalue weighted by atomic mass is 35.5. The number of hydrogen-bond donors (Lipinski definition) is 3. The molecule has 0 radical (unpaired) electrons. The van der Waals surface area contributed by atoms with Gasteiger partial charge in [0.1, 0.15) is 6.23 Å². The highest BCUT2D eigenvalue weighted by molar-refractivity contribution is 6.33. The van der Waals surface area contributed by atoms with Crippen LogP contribution in [0.4, 0.5) is 0 Å². The number of imidazole rings is 1. The van der Waals surface area contributed by atoms with Gasteiger partial charge in [-0.05, 0) is 37.5 Å². The number of carbonyl (C=O) groups is 1. The van der Waals surface area contributed by atoms with E-state index < -0.39 is 12.1 Å². The van der Waals surface area contributed by atoms with Crippen LogP contribution >= 0.6 is 11.6 Å². The SMILES string of the molecule is O=C(NC(O)C1CCCCCC1)c1cc(-n2ccn(CCCOC3CNC3)c2=O)ccc1Cl. The normalized spacial score (nSPS) is 18.5. The van der Waals surface area contributed by atoms with Gasteiger partial charge in [-0.3, -0.25) is 13.9 Å². The molecule has 1 amide bonds. The number of benzene rings is 1. The maximum absolute atomic E-state index is 12.9. The summed E-state index contributed by atoms with van der Waals surface area (Å²) < 4.78 is 8.83. The molecular weight excluding hydrogens is 444 g/mol. The quantitative estimate of drug-likeness (QED) is 0.294. The molecule has 3 N–H and O–H groups in total. The van der Waals surface area contributed by atoms with Crippen molar-refractivity contribution in [2.24, 2.45) is 5.92 Å². The highest BCUT2D eigenvalue weighted by Crippen LogP contribution is 2.25. The van der Waals surface area contributed by atoms with Gasteiger partial charge in [0.05, 0.1) is 22.4 Å². The second-order valence-corrected chi connectivity index (χ2v) is 9.39. The van der Waals surface area contributed by atoms with Gasteiger partial charge in [0.25, 0.3) is 5.91 Å². The molecule has 0 bridgehead atoms. The van der Waals surface area contributed by atoms with Crippen molar-refractivity contribution >= 4 is 17.5 Å². The summed E-state index contributed by atoms with van der Waals surface area (Å²) in [5.74, 6) is -0.381. The van der Waals surface area contributed by atoms with Crippen LogP contribution in [0.3, 0.4) is 0 Å². The largest absolute Gasteiger partial charge is 0.376 e. The summed E-state index contributed by atoms with van der Waals surface area (Å²) in [5, 5.41) is 16.7. The van der Waals surface area contributed by atoms with Crippen LogP contribution in [0.5, 0.6) is 0 Å². The Bertz CT molecular complexity index is 993. The van der Waals surface area contributed by atoms with Gasteiger partial charge in [-0.2, -0.15) is 0 Å². The van der Waals surface area contributed by atoms with Crippen LogP contribution in [0.2, 0.25) is 5.02 Å². The second-order valence-electron chi connectivity index (χ2n) is 8.98. The van der Waals surface area contributed by atoms with Crippen LogP contribution in [0.15, 0.2) is 35.4 Å². The molecule has 0 spiro atoms. The molecule has 33 heavy (non-hydrogen) atoms. The molecule has 1 saturated carbocycles. The summed E-state index contributed by atoms with van der Waals surface area (Å²) in [6, 6.07) is 4.91. The minimum atomic E-state index is -0.905. The number of carbonyl (C=O) groups excluding carboxylic acids is 1. The van der Waals surface area contributed by atoms with E-state index in [1.165, 1.54) is 17.4 Å². The number of aliphatic hydroxyl groups is 1. The van der Waals surface area contributed by atoms with E-state index in [1.54, 1.807) is 35.2 Å². The molecule has 8 nitrogen and oxygen atoms in total. The molecule has 1 aliphatic carbocycles. The molecule has 1 unspecified atom stereocenters. The second kappa shape index (κ2) is 11.3. The Labute approximate surface area is 198 Å². The summed E-state index contributed by atoms with van der Waals surface area (Å²) in [7, 11) is 0. The first kappa shape index (κ1) is 24.0. The van der Waals surface area contributed by atoms with Crippen LogP contribution in [0, 0.1) is 5.92 Å². The third-order valence-corrected chi connectivity index (χ3v) is 6.92. The lowest BCUT2D eigenvalue weighted by atomic mass is 9.98. The molecule has 1 saturated heterocycles. The highest BCUT2D eigenvalue weighted by Gasteiger charge is 2.24. The predicted molar refractivity (Wildman–Crippen MR) is 127 cm³/mol. The number of aliphatic hydroxyl groups excluding tert-OH is 1. The molecule has 2 aromatic rings. The fraction of sp³-hybridized carbons (Fsp3) is 0.583. The Morgan fingerprint density at radius 1 is 1.21 bits per heavy atom. The topological polar surface area (TPSA) is 97.5 Å². The van der Waals surface area contributed by atoms with Gasteiger partial charge >= 0.3 is 5.69 Å². The number of amides is 1. The van der Waals surface area contributed by atoms with Crippen LogP contribution in [0.25, 0.3) is 5.69 Å². The van der Waals surface area contributed by atoms with Crippen LogP contribution in [0.1, 0.15) is 55.3 Å². The Morgan fingerprint density at radius 3 is 2.67 bits per heavy atom. The van der Waals surface area contributed by atoms with Crippen molar-refractivity contribution in [2.45, 2.75) is 63.8 Å². The van der Waals surface area contributed by atoms with Crippen molar-refractivity contribution in [3.8, 4) is 5.69 Å². The molecule has 1 atom stereocenters. The summed E-state index contributed by atoms with van der Waals surface area (Å²) in [6.07, 6.45) is 9.82. The van der Waals surface area contributed by atoms with Gasteiger partial charge in [0, 0.05) is 44.6 Å². The Kier molecular flexibility index (Phi) is 8.25. The Morgan fingerprint density at radius 2 is 1.97 bits per heavy atom. The van der Waals surface area contributed by atoms with E-state index in [9.17, 15) is 14.7 Å². The van der Waals surface area contributed by atoms with Gasteiger partial charge < -0.3 is 20.5 Å². The fourth-order valence-electron chi connectivity index (χ4n) is 4.44. The average molecular weight is 477 g/mol. The number of nitrogens with one attached hydrogen (secondary N) is 2. The molecular formula is C24H33ClN4O4. The van der Waals surface area contributed by atoms with E-state index >= 15 is 0 Å². The molecule has 2 fully saturated rings. The van der Waals surface area contributed by atoms with E-state index in [2.05, 4.69) is 10.6 Å². The molecule has 4 rings (SSSR count). The van der Waals surface area contributed by atoms with Crippen molar-refractivity contribution in [1.29, 1.82) is 0 Å². The lowest BCUT2D eigenvalue weighted by Gasteiger charge is -2.27. The first-order valence-corrected chi connectivity index (χ1v) is 12.3. The minimum absolute atomic E-state index is 0.0552. The van der Waals surface area contributed by atoms with E-state index in [4.69, 9.17) is 16.3 Å². The van der Waals surface area contributed by atoms with Crippen molar-refractivity contribution in [2.75, 3.05) is 19.7 Å². The van der Waals surface area contributed by atoms with Crippen LogP contribution in [-0.4, -0.2) is 52.2 Å². The van der Waals surface area contributed by atoms with Crippen molar-refractivity contribution < 1.29 is 14.6 Å². The lowest BCUT2D eigenvalue weighted by Crippen LogP contribution is -2.48. The number of hydrogen-bond acceptors (Lipinski definition) is 5. The van der Waals surface area contributed by atoms with Crippen LogP contribution < -0.4 is 16.3 Å². The maximum Gasteiger partial charge on any atom is 0.332 e. The first-order chi connectivity index (χ1) is 16.0. The summed E-state index contributed by atoms with van der Waals surface area (Å²) in [5.41, 5.74) is 0.602. The number of aryl methyl sites for hydroxylation is 1. The summed E-state index contributed by atoms with van der Waals surface area (Å²) in [4.78, 5) is 25.7.